The second kappa shape index (κ2) is 7.17. The largest absolute Gasteiger partial charge is 0.480 e. The van der Waals surface area contributed by atoms with Gasteiger partial charge < -0.3 is 25.7 Å². The maximum absolute atomic E-state index is 11.8. The molecule has 1 aliphatic heterocycles. The van der Waals surface area contributed by atoms with Crippen LogP contribution in [0.2, 0.25) is 0 Å². The molecule has 18 heavy (non-hydrogen) atoms. The SMILES string of the molecule is CCNCCCNC(=O)N1C[C@H](O)C[C@@H]1C(=O)O. The van der Waals surface area contributed by atoms with Crippen LogP contribution < -0.4 is 10.6 Å². The van der Waals surface area contributed by atoms with Gasteiger partial charge in [-0.25, -0.2) is 9.59 Å². The normalized spacial score (nSPS) is 23.1. The van der Waals surface area contributed by atoms with Gasteiger partial charge >= 0.3 is 12.0 Å². The zero-order valence-corrected chi connectivity index (χ0v) is 10.6. The number of likely N-dealkylation sites (tertiary alicyclic amines) is 1. The highest BCUT2D eigenvalue weighted by Crippen LogP contribution is 2.17. The number of carboxylic acids is 1. The number of rotatable bonds is 6. The molecule has 1 fully saturated rings. The van der Waals surface area contributed by atoms with E-state index in [-0.39, 0.29) is 13.0 Å². The number of hydrogen-bond acceptors (Lipinski definition) is 4. The van der Waals surface area contributed by atoms with Crippen molar-refractivity contribution in [1.82, 2.24) is 15.5 Å². The smallest absolute Gasteiger partial charge is 0.326 e. The van der Waals surface area contributed by atoms with Crippen LogP contribution in [0.3, 0.4) is 0 Å². The average molecular weight is 259 g/mol. The molecule has 104 valence electrons. The number of hydrogen-bond donors (Lipinski definition) is 4. The Bertz CT molecular complexity index is 298. The molecule has 1 aliphatic rings. The van der Waals surface area contributed by atoms with Gasteiger partial charge in [0.05, 0.1) is 6.10 Å². The summed E-state index contributed by atoms with van der Waals surface area (Å²) in [5, 5.41) is 24.2. The van der Waals surface area contributed by atoms with Crippen molar-refractivity contribution >= 4 is 12.0 Å². The summed E-state index contributed by atoms with van der Waals surface area (Å²) in [7, 11) is 0. The van der Waals surface area contributed by atoms with E-state index in [4.69, 9.17) is 5.11 Å². The van der Waals surface area contributed by atoms with Crippen LogP contribution in [0.1, 0.15) is 19.8 Å². The predicted molar refractivity (Wildman–Crippen MR) is 65.3 cm³/mol. The number of aliphatic hydroxyl groups excluding tert-OH is 1. The van der Waals surface area contributed by atoms with Crippen LogP contribution in [0.5, 0.6) is 0 Å². The molecule has 1 heterocycles. The molecule has 7 heteroatoms. The van der Waals surface area contributed by atoms with Gasteiger partial charge in [-0.1, -0.05) is 6.92 Å². The quantitative estimate of drug-likeness (QED) is 0.468. The fourth-order valence-electron chi connectivity index (χ4n) is 1.96. The van der Waals surface area contributed by atoms with Crippen molar-refractivity contribution in [2.45, 2.75) is 31.9 Å². The minimum absolute atomic E-state index is 0.0794. The van der Waals surface area contributed by atoms with E-state index in [9.17, 15) is 14.7 Å². The molecule has 1 rings (SSSR count). The maximum Gasteiger partial charge on any atom is 0.326 e. The summed E-state index contributed by atoms with van der Waals surface area (Å²) in [6.07, 6.45) is 0.132. The number of β-amino-alcohol motifs (C(OH)–C–C–N with tert-alkyl or cyclic N) is 1. The minimum Gasteiger partial charge on any atom is -0.480 e. The Labute approximate surface area is 106 Å². The van der Waals surface area contributed by atoms with Crippen molar-refractivity contribution in [3.8, 4) is 0 Å². The molecule has 0 unspecified atom stereocenters. The summed E-state index contributed by atoms with van der Waals surface area (Å²) < 4.78 is 0. The lowest BCUT2D eigenvalue weighted by molar-refractivity contribution is -0.141. The zero-order chi connectivity index (χ0) is 13.5. The number of aliphatic carboxylic acids is 1. The van der Waals surface area contributed by atoms with Crippen LogP contribution in [0.4, 0.5) is 4.79 Å². The molecule has 0 aliphatic carbocycles. The first-order valence-corrected chi connectivity index (χ1v) is 6.22. The van der Waals surface area contributed by atoms with Gasteiger partial charge in [-0.2, -0.15) is 0 Å². The van der Waals surface area contributed by atoms with E-state index < -0.39 is 24.1 Å². The lowest BCUT2D eigenvalue weighted by atomic mass is 10.2. The first-order chi connectivity index (χ1) is 8.56. The van der Waals surface area contributed by atoms with Crippen LogP contribution in [0.25, 0.3) is 0 Å². The van der Waals surface area contributed by atoms with Crippen molar-refractivity contribution in [3.05, 3.63) is 0 Å². The molecule has 4 N–H and O–H groups in total. The molecule has 0 aromatic carbocycles. The molecule has 2 atom stereocenters. The average Bonchev–Trinajstić information content (AvgIpc) is 2.71. The molecule has 7 nitrogen and oxygen atoms in total. The lowest BCUT2D eigenvalue weighted by Crippen LogP contribution is -2.46. The Hall–Kier alpha value is -1.34. The third-order valence-electron chi connectivity index (χ3n) is 2.88. The minimum atomic E-state index is -1.07. The number of carbonyl (C=O) groups excluding carboxylic acids is 1. The van der Waals surface area contributed by atoms with Crippen molar-refractivity contribution in [3.63, 3.8) is 0 Å². The zero-order valence-electron chi connectivity index (χ0n) is 10.6. The van der Waals surface area contributed by atoms with Gasteiger partial charge in [0, 0.05) is 19.5 Å². The second-order valence-corrected chi connectivity index (χ2v) is 4.33. The second-order valence-electron chi connectivity index (χ2n) is 4.33. The van der Waals surface area contributed by atoms with Crippen molar-refractivity contribution in [2.75, 3.05) is 26.2 Å². The molecule has 0 bridgehead atoms. The summed E-state index contributed by atoms with van der Waals surface area (Å²) in [4.78, 5) is 23.9. The standard InChI is InChI=1S/C11H21N3O4/c1-2-12-4-3-5-13-11(18)14-7-8(15)6-9(14)10(16)17/h8-9,12,15H,2-7H2,1H3,(H,13,18)(H,16,17)/t8-,9-/m1/s1. The molecule has 1 saturated heterocycles. The maximum atomic E-state index is 11.8. The summed E-state index contributed by atoms with van der Waals surface area (Å²) in [6, 6.07) is -1.34. The fourth-order valence-corrected chi connectivity index (χ4v) is 1.96. The third kappa shape index (κ3) is 4.15. The number of nitrogens with zero attached hydrogens (tertiary/aromatic N) is 1. The van der Waals surface area contributed by atoms with E-state index in [1.807, 2.05) is 6.92 Å². The van der Waals surface area contributed by atoms with E-state index in [1.165, 1.54) is 4.90 Å². The monoisotopic (exact) mass is 259 g/mol. The van der Waals surface area contributed by atoms with Gasteiger partial charge in [-0.3, -0.25) is 0 Å². The van der Waals surface area contributed by atoms with E-state index in [0.717, 1.165) is 19.5 Å². The molecular formula is C11H21N3O4. The highest BCUT2D eigenvalue weighted by atomic mass is 16.4. The van der Waals surface area contributed by atoms with Crippen molar-refractivity contribution < 1.29 is 19.8 Å². The van der Waals surface area contributed by atoms with E-state index in [2.05, 4.69) is 10.6 Å². The van der Waals surface area contributed by atoms with E-state index in [0.29, 0.717) is 6.54 Å². The number of amides is 2. The van der Waals surface area contributed by atoms with Gasteiger partial charge in [0.25, 0.3) is 0 Å². The van der Waals surface area contributed by atoms with Crippen molar-refractivity contribution in [2.24, 2.45) is 0 Å². The van der Waals surface area contributed by atoms with Crippen LogP contribution in [0.15, 0.2) is 0 Å². The van der Waals surface area contributed by atoms with Gasteiger partial charge in [-0.05, 0) is 19.5 Å². The number of nitrogens with one attached hydrogen (secondary N) is 2. The Kier molecular flexibility index (Phi) is 5.87. The number of carbonyl (C=O) groups is 2. The van der Waals surface area contributed by atoms with Crippen LogP contribution in [-0.2, 0) is 4.79 Å². The Morgan fingerprint density at radius 2 is 2.11 bits per heavy atom. The van der Waals surface area contributed by atoms with Gasteiger partial charge in [0.1, 0.15) is 6.04 Å². The summed E-state index contributed by atoms with van der Waals surface area (Å²) in [5.74, 6) is -1.07. The molecule has 0 saturated carbocycles. The first-order valence-electron chi connectivity index (χ1n) is 6.22. The lowest BCUT2D eigenvalue weighted by Gasteiger charge is -2.21. The van der Waals surface area contributed by atoms with Crippen LogP contribution >= 0.6 is 0 Å². The molecule has 0 spiro atoms. The van der Waals surface area contributed by atoms with Gasteiger partial charge in [0.15, 0.2) is 0 Å². The molecule has 2 amide bonds. The van der Waals surface area contributed by atoms with Crippen molar-refractivity contribution in [1.29, 1.82) is 0 Å². The highest BCUT2D eigenvalue weighted by molar-refractivity contribution is 5.83. The summed E-state index contributed by atoms with van der Waals surface area (Å²) >= 11 is 0. The van der Waals surface area contributed by atoms with Crippen LogP contribution in [0, 0.1) is 0 Å². The molecule has 0 radical (unpaired) electrons. The molecule has 0 aromatic rings. The Balaban J connectivity index is 2.33. The Morgan fingerprint density at radius 1 is 1.39 bits per heavy atom. The van der Waals surface area contributed by atoms with E-state index >= 15 is 0 Å². The predicted octanol–water partition coefficient (Wildman–Crippen LogP) is -0.785. The number of aliphatic hydroxyl groups is 1. The highest BCUT2D eigenvalue weighted by Gasteiger charge is 2.38. The van der Waals surface area contributed by atoms with Crippen LogP contribution in [-0.4, -0.2) is 65.4 Å². The number of urea groups is 1. The Morgan fingerprint density at radius 3 is 2.72 bits per heavy atom. The fraction of sp³-hybridized carbons (Fsp3) is 0.818. The summed E-state index contributed by atoms with van der Waals surface area (Å²) in [5.41, 5.74) is 0. The first kappa shape index (κ1) is 14.7. The topological polar surface area (TPSA) is 102 Å². The third-order valence-corrected chi connectivity index (χ3v) is 2.88. The molecular weight excluding hydrogens is 238 g/mol. The van der Waals surface area contributed by atoms with Gasteiger partial charge in [0.2, 0.25) is 0 Å². The van der Waals surface area contributed by atoms with Gasteiger partial charge in [-0.15, -0.1) is 0 Å². The van der Waals surface area contributed by atoms with E-state index in [1.54, 1.807) is 0 Å². The number of carboxylic acid groups (broad SMARTS) is 1. The molecule has 0 aromatic heterocycles. The summed E-state index contributed by atoms with van der Waals surface area (Å²) in [6.45, 7) is 4.26.